The van der Waals surface area contributed by atoms with Crippen LogP contribution in [0.3, 0.4) is 0 Å². The highest BCUT2D eigenvalue weighted by molar-refractivity contribution is 6.74. The molecular weight excluding hydrogens is 310 g/mol. The van der Waals surface area contributed by atoms with E-state index < -0.39 is 20.2 Å². The van der Waals surface area contributed by atoms with Gasteiger partial charge in [-0.3, -0.25) is 4.79 Å². The van der Waals surface area contributed by atoms with Gasteiger partial charge in [0, 0.05) is 6.54 Å². The first-order valence-corrected chi connectivity index (χ1v) is 11.2. The van der Waals surface area contributed by atoms with Crippen LogP contribution in [0.5, 0.6) is 0 Å². The summed E-state index contributed by atoms with van der Waals surface area (Å²) in [6, 6.07) is -0.101. The Balaban J connectivity index is 2.17. The molecule has 23 heavy (non-hydrogen) atoms. The Bertz CT molecular complexity index is 483. The van der Waals surface area contributed by atoms with Crippen molar-refractivity contribution in [3.05, 3.63) is 12.7 Å². The van der Waals surface area contributed by atoms with E-state index in [4.69, 9.17) is 13.9 Å². The van der Waals surface area contributed by atoms with Crippen LogP contribution in [0.15, 0.2) is 12.7 Å². The Morgan fingerprint density at radius 2 is 2.04 bits per heavy atom. The maximum Gasteiger partial charge on any atom is 0.253 e. The van der Waals surface area contributed by atoms with E-state index in [1.165, 1.54) is 0 Å². The minimum Gasteiger partial charge on any atom is -0.403 e. The number of hydrogen-bond acceptors (Lipinski definition) is 4. The lowest BCUT2D eigenvalue weighted by molar-refractivity contribution is -0.186. The molecule has 132 valence electrons. The van der Waals surface area contributed by atoms with Gasteiger partial charge in [0.1, 0.15) is 12.2 Å². The third kappa shape index (κ3) is 3.55. The van der Waals surface area contributed by atoms with Gasteiger partial charge in [-0.1, -0.05) is 26.8 Å². The standard InChI is InChI=1S/C17H31NO4Si/c1-9-10-18-13(12-11-20-17(5,6)21-12)14(15(18)19)22-23(7,8)16(2,3)4/h9,12-14H,1,10-11H2,2-8H3/t12-,13+,14-/m1/s1. The molecule has 2 fully saturated rings. The van der Waals surface area contributed by atoms with Gasteiger partial charge in [0.2, 0.25) is 0 Å². The summed E-state index contributed by atoms with van der Waals surface area (Å²) in [5.74, 6) is -0.571. The van der Waals surface area contributed by atoms with Gasteiger partial charge >= 0.3 is 0 Å². The molecule has 0 saturated carbocycles. The second-order valence-corrected chi connectivity index (χ2v) is 13.2. The number of β-lactam (4-membered cyclic amide) rings is 1. The van der Waals surface area contributed by atoms with Gasteiger partial charge in [0.05, 0.1) is 12.6 Å². The van der Waals surface area contributed by atoms with Crippen LogP contribution in [0.1, 0.15) is 34.6 Å². The fraction of sp³-hybridized carbons (Fsp3) is 0.824. The van der Waals surface area contributed by atoms with Crippen LogP contribution in [0.4, 0.5) is 0 Å². The summed E-state index contributed by atoms with van der Waals surface area (Å²) in [5, 5.41) is 0.0585. The van der Waals surface area contributed by atoms with Crippen LogP contribution in [0, 0.1) is 0 Å². The predicted molar refractivity (Wildman–Crippen MR) is 92.7 cm³/mol. The molecule has 0 radical (unpaired) electrons. The molecule has 2 aliphatic heterocycles. The van der Waals surface area contributed by atoms with Crippen LogP contribution >= 0.6 is 0 Å². The van der Waals surface area contributed by atoms with Crippen molar-refractivity contribution in [1.29, 1.82) is 0 Å². The second kappa shape index (κ2) is 5.99. The maximum absolute atomic E-state index is 12.6. The lowest BCUT2D eigenvalue weighted by Crippen LogP contribution is -2.72. The molecule has 0 bridgehead atoms. The van der Waals surface area contributed by atoms with Crippen molar-refractivity contribution < 1.29 is 18.7 Å². The molecule has 0 aromatic rings. The molecule has 3 atom stereocenters. The highest BCUT2D eigenvalue weighted by Gasteiger charge is 2.57. The van der Waals surface area contributed by atoms with Crippen LogP contribution < -0.4 is 0 Å². The number of carbonyl (C=O) groups is 1. The van der Waals surface area contributed by atoms with E-state index in [0.29, 0.717) is 13.2 Å². The third-order valence-corrected chi connectivity index (χ3v) is 9.62. The maximum atomic E-state index is 12.6. The van der Waals surface area contributed by atoms with Crippen molar-refractivity contribution >= 4 is 14.2 Å². The first kappa shape index (κ1) is 18.6. The fourth-order valence-electron chi connectivity index (χ4n) is 2.78. The Labute approximate surface area is 141 Å². The summed E-state index contributed by atoms with van der Waals surface area (Å²) >= 11 is 0. The van der Waals surface area contributed by atoms with Gasteiger partial charge in [-0.15, -0.1) is 6.58 Å². The fourth-order valence-corrected chi connectivity index (χ4v) is 4.01. The van der Waals surface area contributed by atoms with Crippen molar-refractivity contribution in [2.24, 2.45) is 0 Å². The SMILES string of the molecule is C=CCN1C(=O)[C@H](O[Si](C)(C)C(C)(C)C)[C@@H]1[C@H]1COC(C)(C)O1. The van der Waals surface area contributed by atoms with Crippen LogP contribution in [0.25, 0.3) is 0 Å². The lowest BCUT2D eigenvalue weighted by Gasteiger charge is -2.52. The van der Waals surface area contributed by atoms with E-state index in [2.05, 4.69) is 40.4 Å². The molecule has 0 aromatic heterocycles. The summed E-state index contributed by atoms with van der Waals surface area (Å²) in [4.78, 5) is 14.4. The van der Waals surface area contributed by atoms with Crippen LogP contribution in [0.2, 0.25) is 18.1 Å². The molecule has 0 aliphatic carbocycles. The van der Waals surface area contributed by atoms with E-state index in [1.54, 1.807) is 11.0 Å². The molecule has 0 aromatic carbocycles. The first-order valence-electron chi connectivity index (χ1n) is 8.30. The molecule has 0 spiro atoms. The van der Waals surface area contributed by atoms with Crippen molar-refractivity contribution in [3.63, 3.8) is 0 Å². The predicted octanol–water partition coefficient (Wildman–Crippen LogP) is 2.93. The number of rotatable bonds is 5. The highest BCUT2D eigenvalue weighted by Crippen LogP contribution is 2.41. The summed E-state index contributed by atoms with van der Waals surface area (Å²) < 4.78 is 18.1. The Kier molecular flexibility index (Phi) is 4.85. The third-order valence-electron chi connectivity index (χ3n) is 5.16. The van der Waals surface area contributed by atoms with Gasteiger partial charge < -0.3 is 18.8 Å². The van der Waals surface area contributed by atoms with E-state index >= 15 is 0 Å². The summed E-state index contributed by atoms with van der Waals surface area (Å²) in [6.07, 6.45) is 1.16. The summed E-state index contributed by atoms with van der Waals surface area (Å²) in [7, 11) is -2.03. The van der Waals surface area contributed by atoms with Gasteiger partial charge in [-0.2, -0.15) is 0 Å². The first-order chi connectivity index (χ1) is 10.4. The van der Waals surface area contributed by atoms with Gasteiger partial charge in [0.15, 0.2) is 14.1 Å². The summed E-state index contributed by atoms with van der Waals surface area (Å²) in [6.45, 7) is 19.4. The summed E-state index contributed by atoms with van der Waals surface area (Å²) in [5.41, 5.74) is 0. The van der Waals surface area contributed by atoms with Gasteiger partial charge in [0.25, 0.3) is 5.91 Å². The molecule has 2 rings (SSSR count). The molecule has 2 aliphatic rings. The molecule has 0 N–H and O–H groups in total. The number of nitrogens with zero attached hydrogens (tertiary/aromatic N) is 1. The van der Waals surface area contributed by atoms with E-state index in [0.717, 1.165) is 0 Å². The average Bonchev–Trinajstić information content (AvgIpc) is 2.75. The molecule has 2 heterocycles. The average molecular weight is 342 g/mol. The van der Waals surface area contributed by atoms with Gasteiger partial charge in [-0.25, -0.2) is 0 Å². The zero-order valence-corrected chi connectivity index (χ0v) is 16.5. The molecule has 1 amide bonds. The Hall–Kier alpha value is -0.693. The van der Waals surface area contributed by atoms with E-state index in [1.807, 2.05) is 13.8 Å². The Morgan fingerprint density at radius 3 is 2.48 bits per heavy atom. The van der Waals surface area contributed by atoms with Crippen LogP contribution in [-0.4, -0.2) is 56.3 Å². The topological polar surface area (TPSA) is 48.0 Å². The zero-order chi connectivity index (χ0) is 17.6. The number of likely N-dealkylation sites (tertiary alicyclic amines) is 1. The molecular formula is C17H31NO4Si. The normalized spacial score (nSPS) is 31.2. The van der Waals surface area contributed by atoms with Crippen LogP contribution in [-0.2, 0) is 18.7 Å². The highest BCUT2D eigenvalue weighted by atomic mass is 28.4. The monoisotopic (exact) mass is 341 g/mol. The minimum atomic E-state index is -2.03. The van der Waals surface area contributed by atoms with E-state index in [-0.39, 0.29) is 23.1 Å². The number of ether oxygens (including phenoxy) is 2. The lowest BCUT2D eigenvalue weighted by atomic mass is 9.93. The second-order valence-electron chi connectivity index (χ2n) is 8.44. The van der Waals surface area contributed by atoms with Crippen molar-refractivity contribution in [2.75, 3.05) is 13.2 Å². The molecule has 5 nitrogen and oxygen atoms in total. The largest absolute Gasteiger partial charge is 0.403 e. The molecule has 6 heteroatoms. The smallest absolute Gasteiger partial charge is 0.253 e. The van der Waals surface area contributed by atoms with Crippen molar-refractivity contribution in [2.45, 2.75) is 76.8 Å². The molecule has 0 unspecified atom stereocenters. The number of amides is 1. The van der Waals surface area contributed by atoms with E-state index in [9.17, 15) is 4.79 Å². The Morgan fingerprint density at radius 1 is 1.43 bits per heavy atom. The van der Waals surface area contributed by atoms with Crippen molar-refractivity contribution in [3.8, 4) is 0 Å². The quantitative estimate of drug-likeness (QED) is 0.438. The number of carbonyl (C=O) groups excluding carboxylic acids is 1. The minimum absolute atomic E-state index is 0.0352. The number of hydrogen-bond donors (Lipinski definition) is 0. The molecule has 2 saturated heterocycles. The zero-order valence-electron chi connectivity index (χ0n) is 15.5. The van der Waals surface area contributed by atoms with Gasteiger partial charge in [-0.05, 0) is 32.0 Å². The van der Waals surface area contributed by atoms with Crippen molar-refractivity contribution in [1.82, 2.24) is 4.90 Å².